The van der Waals surface area contributed by atoms with Crippen LogP contribution in [0.25, 0.3) is 11.1 Å². The quantitative estimate of drug-likeness (QED) is 0.307. The van der Waals surface area contributed by atoms with Crippen molar-refractivity contribution in [3.63, 3.8) is 0 Å². The fraction of sp³-hybridized carbons (Fsp3) is 0.344. The molecule has 0 aliphatic heterocycles. The molecule has 3 aromatic carbocycles. The molecule has 0 saturated heterocycles. The Labute approximate surface area is 235 Å². The molecular formula is C32H37N3O5. The number of amides is 2. The normalized spacial score (nSPS) is 13.8. The van der Waals surface area contributed by atoms with Gasteiger partial charge in [-0.3, -0.25) is 14.5 Å². The van der Waals surface area contributed by atoms with Crippen molar-refractivity contribution in [2.24, 2.45) is 5.92 Å². The van der Waals surface area contributed by atoms with Crippen molar-refractivity contribution in [1.29, 1.82) is 0 Å². The van der Waals surface area contributed by atoms with Gasteiger partial charge in [-0.2, -0.15) is 0 Å². The molecule has 0 saturated carbocycles. The van der Waals surface area contributed by atoms with E-state index in [1.165, 1.54) is 0 Å². The third-order valence-corrected chi connectivity index (χ3v) is 7.27. The van der Waals surface area contributed by atoms with Gasteiger partial charge in [-0.05, 0) is 40.8 Å². The van der Waals surface area contributed by atoms with Crippen LogP contribution in [0.4, 0.5) is 4.79 Å². The number of carboxylic acid groups (broad SMARTS) is 1. The van der Waals surface area contributed by atoms with Crippen molar-refractivity contribution in [3.8, 4) is 11.1 Å². The molecule has 0 fully saturated rings. The number of likely N-dealkylation sites (N-methyl/N-ethyl adjacent to an activating group) is 1. The van der Waals surface area contributed by atoms with Gasteiger partial charge in [0.15, 0.2) is 0 Å². The van der Waals surface area contributed by atoms with Gasteiger partial charge in [0.25, 0.3) is 0 Å². The summed E-state index contributed by atoms with van der Waals surface area (Å²) in [7, 11) is 1.86. The number of aliphatic carboxylic acids is 1. The van der Waals surface area contributed by atoms with Crippen LogP contribution in [0, 0.1) is 5.92 Å². The number of benzene rings is 3. The van der Waals surface area contributed by atoms with E-state index in [1.54, 1.807) is 0 Å². The number of carbonyl (C=O) groups is 3. The maximum atomic E-state index is 13.3. The number of nitrogens with one attached hydrogen (secondary N) is 2. The van der Waals surface area contributed by atoms with E-state index in [9.17, 15) is 19.5 Å². The van der Waals surface area contributed by atoms with E-state index in [-0.39, 0.29) is 31.4 Å². The molecule has 40 heavy (non-hydrogen) atoms. The lowest BCUT2D eigenvalue weighted by Crippen LogP contribution is -2.55. The van der Waals surface area contributed by atoms with Gasteiger partial charge in [0, 0.05) is 25.0 Å². The Hall–Kier alpha value is -4.17. The molecule has 0 radical (unpaired) electrons. The lowest BCUT2D eigenvalue weighted by molar-refractivity contribution is -0.138. The van der Waals surface area contributed by atoms with Crippen LogP contribution in [-0.2, 0) is 20.9 Å². The van der Waals surface area contributed by atoms with Crippen LogP contribution in [0.3, 0.4) is 0 Å². The molecule has 0 heterocycles. The zero-order valence-electron chi connectivity index (χ0n) is 23.2. The molecule has 8 heteroatoms. The number of hydrogen-bond acceptors (Lipinski definition) is 5. The summed E-state index contributed by atoms with van der Waals surface area (Å²) in [5.74, 6) is -1.65. The van der Waals surface area contributed by atoms with Crippen LogP contribution in [-0.4, -0.2) is 60.3 Å². The molecule has 1 unspecified atom stereocenters. The Morgan fingerprint density at radius 3 is 2.02 bits per heavy atom. The molecule has 3 N–H and O–H groups in total. The van der Waals surface area contributed by atoms with Crippen molar-refractivity contribution in [2.75, 3.05) is 20.2 Å². The second kappa shape index (κ2) is 13.3. The summed E-state index contributed by atoms with van der Waals surface area (Å²) in [5, 5.41) is 14.9. The SMILES string of the molecule is CC(C)[C@H](CC(=O)O)NC(=O)C(CN(C)Cc1ccccc1)NC(=O)OCC1c2ccccc2-c2ccccc21. The van der Waals surface area contributed by atoms with Gasteiger partial charge in [-0.15, -0.1) is 0 Å². The zero-order chi connectivity index (χ0) is 28.6. The number of hydrogen-bond donors (Lipinski definition) is 3. The van der Waals surface area contributed by atoms with Gasteiger partial charge in [-0.1, -0.05) is 92.7 Å². The summed E-state index contributed by atoms with van der Waals surface area (Å²) in [6, 6.07) is 24.5. The van der Waals surface area contributed by atoms with Gasteiger partial charge in [0.05, 0.1) is 6.42 Å². The highest BCUT2D eigenvalue weighted by Gasteiger charge is 2.31. The Bertz CT molecular complexity index is 1280. The van der Waals surface area contributed by atoms with Crippen molar-refractivity contribution >= 4 is 18.0 Å². The van der Waals surface area contributed by atoms with Crippen LogP contribution < -0.4 is 10.6 Å². The first-order valence-corrected chi connectivity index (χ1v) is 13.6. The second-order valence-electron chi connectivity index (χ2n) is 10.7. The zero-order valence-corrected chi connectivity index (χ0v) is 23.2. The summed E-state index contributed by atoms with van der Waals surface area (Å²) < 4.78 is 5.69. The van der Waals surface area contributed by atoms with Crippen molar-refractivity contribution in [2.45, 2.75) is 44.8 Å². The molecule has 0 spiro atoms. The molecular weight excluding hydrogens is 506 g/mol. The van der Waals surface area contributed by atoms with E-state index in [0.29, 0.717) is 6.54 Å². The molecule has 0 bridgehead atoms. The Balaban J connectivity index is 1.45. The first-order chi connectivity index (χ1) is 19.2. The molecule has 4 rings (SSSR count). The van der Waals surface area contributed by atoms with Crippen molar-refractivity contribution < 1.29 is 24.2 Å². The molecule has 0 aromatic heterocycles. The van der Waals surface area contributed by atoms with Crippen LogP contribution in [0.1, 0.15) is 42.9 Å². The van der Waals surface area contributed by atoms with Gasteiger partial charge in [0.1, 0.15) is 12.6 Å². The molecule has 1 aliphatic carbocycles. The largest absolute Gasteiger partial charge is 0.481 e. The highest BCUT2D eigenvalue weighted by atomic mass is 16.5. The maximum Gasteiger partial charge on any atom is 0.407 e. The number of ether oxygens (including phenoxy) is 1. The number of fused-ring (bicyclic) bond motifs is 3. The van der Waals surface area contributed by atoms with E-state index in [1.807, 2.05) is 92.5 Å². The topological polar surface area (TPSA) is 108 Å². The molecule has 2 amide bonds. The average molecular weight is 544 g/mol. The lowest BCUT2D eigenvalue weighted by Gasteiger charge is -2.27. The molecule has 210 valence electrons. The van der Waals surface area contributed by atoms with E-state index < -0.39 is 30.1 Å². The third-order valence-electron chi connectivity index (χ3n) is 7.27. The van der Waals surface area contributed by atoms with Crippen LogP contribution >= 0.6 is 0 Å². The van der Waals surface area contributed by atoms with Gasteiger partial charge in [-0.25, -0.2) is 4.79 Å². The van der Waals surface area contributed by atoms with Gasteiger partial charge >= 0.3 is 12.1 Å². The lowest BCUT2D eigenvalue weighted by atomic mass is 9.98. The first-order valence-electron chi connectivity index (χ1n) is 13.6. The first kappa shape index (κ1) is 28.8. The predicted molar refractivity (Wildman–Crippen MR) is 154 cm³/mol. The summed E-state index contributed by atoms with van der Waals surface area (Å²) in [6.45, 7) is 4.61. The van der Waals surface area contributed by atoms with E-state index in [4.69, 9.17) is 4.74 Å². The minimum atomic E-state index is -0.999. The van der Waals surface area contributed by atoms with Crippen LogP contribution in [0.15, 0.2) is 78.9 Å². The molecule has 3 aromatic rings. The number of nitrogens with zero attached hydrogens (tertiary/aromatic N) is 1. The van der Waals surface area contributed by atoms with Crippen molar-refractivity contribution in [3.05, 3.63) is 95.6 Å². The van der Waals surface area contributed by atoms with Crippen LogP contribution in [0.2, 0.25) is 0 Å². The Morgan fingerprint density at radius 2 is 1.45 bits per heavy atom. The maximum absolute atomic E-state index is 13.3. The van der Waals surface area contributed by atoms with E-state index >= 15 is 0 Å². The Kier molecular flexibility index (Phi) is 9.56. The number of alkyl carbamates (subject to hydrolysis) is 1. The summed E-state index contributed by atoms with van der Waals surface area (Å²) in [6.07, 6.45) is -0.907. The number of carboxylic acids is 1. The number of carbonyl (C=O) groups excluding carboxylic acids is 2. The van der Waals surface area contributed by atoms with Crippen molar-refractivity contribution in [1.82, 2.24) is 15.5 Å². The standard InChI is InChI=1S/C32H37N3O5/c1-21(2)28(17-30(36)37)33-31(38)29(19-35(3)18-22-11-5-4-6-12-22)34-32(39)40-20-27-25-15-9-7-13-23(25)24-14-8-10-16-26(24)27/h4-16,21,27-29H,17-20H2,1-3H3,(H,33,38)(H,34,39)(H,36,37)/t28-,29?/m0/s1. The highest BCUT2D eigenvalue weighted by Crippen LogP contribution is 2.44. The molecule has 1 aliphatic rings. The Morgan fingerprint density at radius 1 is 0.875 bits per heavy atom. The van der Waals surface area contributed by atoms with E-state index in [2.05, 4.69) is 22.8 Å². The summed E-state index contributed by atoms with van der Waals surface area (Å²) in [5.41, 5.74) is 5.52. The summed E-state index contributed by atoms with van der Waals surface area (Å²) >= 11 is 0. The summed E-state index contributed by atoms with van der Waals surface area (Å²) in [4.78, 5) is 39.7. The predicted octanol–water partition coefficient (Wildman–Crippen LogP) is 4.64. The van der Waals surface area contributed by atoms with Gasteiger partial charge in [0.2, 0.25) is 5.91 Å². The average Bonchev–Trinajstić information content (AvgIpc) is 3.25. The highest BCUT2D eigenvalue weighted by molar-refractivity contribution is 5.86. The van der Waals surface area contributed by atoms with E-state index in [0.717, 1.165) is 27.8 Å². The monoisotopic (exact) mass is 543 g/mol. The third kappa shape index (κ3) is 7.27. The minimum Gasteiger partial charge on any atom is -0.481 e. The second-order valence-corrected chi connectivity index (χ2v) is 10.7. The minimum absolute atomic E-state index is 0.0998. The molecule has 8 nitrogen and oxygen atoms in total. The fourth-order valence-corrected chi connectivity index (χ4v) is 5.17. The van der Waals surface area contributed by atoms with Gasteiger partial charge < -0.3 is 20.5 Å². The smallest absolute Gasteiger partial charge is 0.407 e. The van der Waals surface area contributed by atoms with Crippen LogP contribution in [0.5, 0.6) is 0 Å². The number of rotatable bonds is 12. The molecule has 2 atom stereocenters. The fourth-order valence-electron chi connectivity index (χ4n) is 5.17.